The van der Waals surface area contributed by atoms with Crippen molar-refractivity contribution in [2.75, 3.05) is 7.05 Å². The molecule has 0 saturated heterocycles. The first-order chi connectivity index (χ1) is 5.66. The molecule has 0 aromatic carbocycles. The van der Waals surface area contributed by atoms with Gasteiger partial charge in [-0.2, -0.15) is 0 Å². The van der Waals surface area contributed by atoms with Gasteiger partial charge in [0, 0.05) is 6.04 Å². The summed E-state index contributed by atoms with van der Waals surface area (Å²) >= 11 is 8.26. The molecule has 1 fully saturated rings. The van der Waals surface area contributed by atoms with Gasteiger partial charge in [-0.3, -0.25) is 0 Å². The molecule has 0 atom stereocenters. The summed E-state index contributed by atoms with van der Waals surface area (Å²) in [4.78, 5) is 0. The van der Waals surface area contributed by atoms with Gasteiger partial charge in [-0.05, 0) is 19.9 Å². The van der Waals surface area contributed by atoms with E-state index in [4.69, 9.17) is 0 Å². The van der Waals surface area contributed by atoms with Crippen LogP contribution in [0.4, 0.5) is 0 Å². The zero-order valence-electron chi connectivity index (χ0n) is 8.51. The van der Waals surface area contributed by atoms with Crippen LogP contribution in [0, 0.1) is 0 Å². The van der Waals surface area contributed by atoms with E-state index in [0.717, 1.165) is 6.04 Å². The monoisotopic (exact) mass is 228 g/mol. The maximum atomic E-state index is 4.66. The molecule has 0 aromatic heterocycles. The molecule has 0 spiro atoms. The topological polar surface area (TPSA) is 38.0 Å². The van der Waals surface area contributed by atoms with Gasteiger partial charge < -0.3 is 35.9 Å². The Bertz CT molecular complexity index is 123. The third-order valence-electron chi connectivity index (χ3n) is 2.01. The second-order valence-electron chi connectivity index (χ2n) is 2.94. The van der Waals surface area contributed by atoms with Gasteiger partial charge in [-0.15, -0.1) is 0 Å². The Balaban J connectivity index is 0. The fourth-order valence-corrected chi connectivity index (χ4v) is 1.39. The van der Waals surface area contributed by atoms with Gasteiger partial charge in [0.25, 0.3) is 0 Å². The molecule has 0 amide bonds. The summed E-state index contributed by atoms with van der Waals surface area (Å²) in [5.41, 5.74) is 4.66. The van der Waals surface area contributed by atoms with E-state index in [-0.39, 0.29) is 33.9 Å². The molecule has 72 valence electrons. The van der Waals surface area contributed by atoms with E-state index >= 15 is 0 Å². The molecular weight excluding hydrogens is 211 g/mol. The SMILES string of the molecule is CNC1CCCCC1.NC(=S)[S-].[Na+]. The molecule has 3 N–H and O–H groups in total. The molecule has 0 bridgehead atoms. The molecule has 0 aliphatic heterocycles. The molecular formula is C8H17N2NaS2. The quantitative estimate of drug-likeness (QED) is 0.319. The number of hydrogen-bond acceptors (Lipinski definition) is 3. The number of thiocarbonyl (C=S) groups is 1. The molecule has 1 rings (SSSR count). The Kier molecular flexibility index (Phi) is 14.1. The standard InChI is InChI=1S/C7H15N.CH3NS2.Na/c1-8-7-5-3-2-4-6-7;2-1(3)4;/h7-8H,2-6H2,1H3;(H3,2,3,4);/q;;+1/p-1. The summed E-state index contributed by atoms with van der Waals surface area (Å²) in [6, 6.07) is 0.837. The summed E-state index contributed by atoms with van der Waals surface area (Å²) < 4.78 is 0.0833. The van der Waals surface area contributed by atoms with Crippen LogP contribution in [0.3, 0.4) is 0 Å². The third-order valence-corrected chi connectivity index (χ3v) is 2.01. The summed E-state index contributed by atoms with van der Waals surface area (Å²) in [6.45, 7) is 0. The molecule has 2 nitrogen and oxygen atoms in total. The zero-order chi connectivity index (χ0) is 9.40. The van der Waals surface area contributed by atoms with Gasteiger partial charge in [0.2, 0.25) is 0 Å². The zero-order valence-corrected chi connectivity index (χ0v) is 12.1. The number of hydrogen-bond donors (Lipinski definition) is 2. The number of rotatable bonds is 1. The minimum absolute atomic E-state index is 0. The molecule has 1 aliphatic carbocycles. The van der Waals surface area contributed by atoms with Crippen LogP contribution < -0.4 is 40.6 Å². The molecule has 0 heterocycles. The van der Waals surface area contributed by atoms with Crippen molar-refractivity contribution in [2.45, 2.75) is 38.1 Å². The number of nitrogens with two attached hydrogens (primary N) is 1. The Labute approximate surface area is 114 Å². The fourth-order valence-electron chi connectivity index (χ4n) is 1.39. The van der Waals surface area contributed by atoms with Crippen molar-refractivity contribution in [3.05, 3.63) is 0 Å². The van der Waals surface area contributed by atoms with Crippen molar-refractivity contribution in [2.24, 2.45) is 5.73 Å². The van der Waals surface area contributed by atoms with Crippen molar-refractivity contribution in [3.8, 4) is 0 Å². The molecule has 0 aromatic rings. The molecule has 0 unspecified atom stereocenters. The van der Waals surface area contributed by atoms with E-state index in [0.29, 0.717) is 0 Å². The van der Waals surface area contributed by atoms with Crippen LogP contribution in [-0.4, -0.2) is 17.4 Å². The van der Waals surface area contributed by atoms with Gasteiger partial charge in [0.1, 0.15) is 0 Å². The van der Waals surface area contributed by atoms with Crippen LogP contribution in [0.25, 0.3) is 0 Å². The Morgan fingerprint density at radius 2 is 1.77 bits per heavy atom. The molecule has 13 heavy (non-hydrogen) atoms. The summed E-state index contributed by atoms with van der Waals surface area (Å²) in [5.74, 6) is 0. The first-order valence-electron chi connectivity index (χ1n) is 4.30. The van der Waals surface area contributed by atoms with Gasteiger partial charge in [0.05, 0.1) is 0 Å². The van der Waals surface area contributed by atoms with E-state index in [2.05, 4.69) is 42.9 Å². The largest absolute Gasteiger partial charge is 1.00 e. The van der Waals surface area contributed by atoms with E-state index < -0.39 is 0 Å². The van der Waals surface area contributed by atoms with Crippen LogP contribution in [0.1, 0.15) is 32.1 Å². The molecule has 5 heteroatoms. The van der Waals surface area contributed by atoms with Crippen molar-refractivity contribution in [3.63, 3.8) is 0 Å². The Hall–Kier alpha value is 1.07. The van der Waals surface area contributed by atoms with E-state index in [9.17, 15) is 0 Å². The van der Waals surface area contributed by atoms with Gasteiger partial charge in [-0.25, -0.2) is 0 Å². The summed E-state index contributed by atoms with van der Waals surface area (Å²) in [5, 5.41) is 3.30. The predicted molar refractivity (Wildman–Crippen MR) is 60.1 cm³/mol. The van der Waals surface area contributed by atoms with Gasteiger partial charge in [-0.1, -0.05) is 23.6 Å². The number of nitrogens with one attached hydrogen (secondary N) is 1. The van der Waals surface area contributed by atoms with E-state index in [1.807, 2.05) is 0 Å². The predicted octanol–water partition coefficient (Wildman–Crippen LogP) is -1.68. The maximum Gasteiger partial charge on any atom is 1.00 e. The van der Waals surface area contributed by atoms with Crippen molar-refractivity contribution in [1.29, 1.82) is 0 Å². The van der Waals surface area contributed by atoms with Crippen molar-refractivity contribution >= 4 is 29.2 Å². The molecule has 1 aliphatic rings. The van der Waals surface area contributed by atoms with Gasteiger partial charge in [0.15, 0.2) is 0 Å². The smallest absolute Gasteiger partial charge is 0.415 e. The second kappa shape index (κ2) is 11.1. The normalized spacial score (nSPS) is 16.4. The average Bonchev–Trinajstić information content (AvgIpc) is 2.05. The van der Waals surface area contributed by atoms with Crippen molar-refractivity contribution in [1.82, 2.24) is 5.32 Å². The Morgan fingerprint density at radius 3 is 2.00 bits per heavy atom. The van der Waals surface area contributed by atoms with E-state index in [1.54, 1.807) is 0 Å². The summed E-state index contributed by atoms with van der Waals surface area (Å²) in [7, 11) is 2.07. The first kappa shape index (κ1) is 16.5. The summed E-state index contributed by atoms with van der Waals surface area (Å²) in [6.07, 6.45) is 7.13. The minimum atomic E-state index is 0. The van der Waals surface area contributed by atoms with E-state index in [1.165, 1.54) is 32.1 Å². The van der Waals surface area contributed by atoms with Crippen LogP contribution in [0.5, 0.6) is 0 Å². The minimum Gasteiger partial charge on any atom is -0.415 e. The van der Waals surface area contributed by atoms with Crippen LogP contribution in [0.2, 0.25) is 0 Å². The average molecular weight is 228 g/mol. The second-order valence-corrected chi connectivity index (χ2v) is 4.08. The van der Waals surface area contributed by atoms with Crippen LogP contribution >= 0.6 is 12.2 Å². The fraction of sp³-hybridized carbons (Fsp3) is 0.875. The third kappa shape index (κ3) is 13.1. The van der Waals surface area contributed by atoms with Crippen LogP contribution in [-0.2, 0) is 12.6 Å². The Morgan fingerprint density at radius 1 is 1.38 bits per heavy atom. The van der Waals surface area contributed by atoms with Crippen LogP contribution in [0.15, 0.2) is 0 Å². The maximum absolute atomic E-state index is 4.66. The molecule has 0 radical (unpaired) electrons. The molecule has 1 saturated carbocycles. The van der Waals surface area contributed by atoms with Crippen molar-refractivity contribution < 1.29 is 29.6 Å². The first-order valence-corrected chi connectivity index (χ1v) is 5.12. The van der Waals surface area contributed by atoms with Gasteiger partial charge >= 0.3 is 29.6 Å².